The number of likely N-dealkylation sites (tertiary alicyclic amines) is 1. The molecule has 122 valence electrons. The second-order valence-corrected chi connectivity index (χ2v) is 7.08. The molecule has 1 unspecified atom stereocenters. The lowest BCUT2D eigenvalue weighted by atomic mass is 9.81. The molecule has 2 saturated carbocycles. The molecule has 3 aliphatic rings. The van der Waals surface area contributed by atoms with Gasteiger partial charge in [-0.2, -0.15) is 0 Å². The predicted molar refractivity (Wildman–Crippen MR) is 79.0 cm³/mol. The molecule has 1 aliphatic heterocycles. The number of carbonyl (C=O) groups is 3. The lowest BCUT2D eigenvalue weighted by Crippen LogP contribution is -2.57. The first-order valence-corrected chi connectivity index (χ1v) is 8.33. The van der Waals surface area contributed by atoms with E-state index in [2.05, 4.69) is 5.32 Å². The lowest BCUT2D eigenvalue weighted by molar-refractivity contribution is -0.150. The molecule has 1 atom stereocenters. The van der Waals surface area contributed by atoms with Crippen LogP contribution in [-0.4, -0.2) is 46.4 Å². The summed E-state index contributed by atoms with van der Waals surface area (Å²) in [7, 11) is 0. The van der Waals surface area contributed by atoms with Crippen LogP contribution in [0.1, 0.15) is 51.4 Å². The summed E-state index contributed by atoms with van der Waals surface area (Å²) in [5, 5.41) is 12.3. The van der Waals surface area contributed by atoms with E-state index in [9.17, 15) is 19.5 Å². The molecule has 2 aliphatic carbocycles. The molecule has 0 aromatic heterocycles. The minimum absolute atomic E-state index is 0.0278. The molecule has 1 heterocycles. The number of carbonyl (C=O) groups excluding carboxylic acids is 2. The molecular formula is C16H24N2O4. The van der Waals surface area contributed by atoms with Gasteiger partial charge in [-0.3, -0.25) is 9.59 Å². The molecule has 0 spiro atoms. The standard InChI is InChI=1S/C16H24N2O4/c19-13-8-12(10-18(13)9-11-4-5-11)14(20)17-16(15(21)22)6-2-1-3-7-16/h11-12H,1-10H2,(H,17,20)(H,21,22). The third kappa shape index (κ3) is 3.10. The van der Waals surface area contributed by atoms with Gasteiger partial charge in [0, 0.05) is 19.5 Å². The van der Waals surface area contributed by atoms with Crippen LogP contribution < -0.4 is 5.32 Å². The van der Waals surface area contributed by atoms with Gasteiger partial charge in [-0.05, 0) is 31.6 Å². The molecular weight excluding hydrogens is 284 g/mol. The van der Waals surface area contributed by atoms with Crippen LogP contribution >= 0.6 is 0 Å². The molecule has 22 heavy (non-hydrogen) atoms. The Morgan fingerprint density at radius 1 is 1.23 bits per heavy atom. The normalized spacial score (nSPS) is 27.7. The Morgan fingerprint density at radius 3 is 2.50 bits per heavy atom. The molecule has 2 N–H and O–H groups in total. The summed E-state index contributed by atoms with van der Waals surface area (Å²) < 4.78 is 0. The number of nitrogens with one attached hydrogen (secondary N) is 1. The summed E-state index contributed by atoms with van der Waals surface area (Å²) in [5.74, 6) is -0.977. The Kier molecular flexibility index (Phi) is 4.10. The predicted octanol–water partition coefficient (Wildman–Crippen LogP) is 1.15. The van der Waals surface area contributed by atoms with Crippen LogP contribution in [0.4, 0.5) is 0 Å². The average molecular weight is 308 g/mol. The highest BCUT2D eigenvalue weighted by Gasteiger charge is 2.44. The maximum Gasteiger partial charge on any atom is 0.329 e. The van der Waals surface area contributed by atoms with Crippen molar-refractivity contribution in [2.45, 2.75) is 56.9 Å². The molecule has 1 saturated heterocycles. The zero-order valence-corrected chi connectivity index (χ0v) is 12.8. The van der Waals surface area contributed by atoms with Crippen LogP contribution in [0.15, 0.2) is 0 Å². The Bertz CT molecular complexity index is 481. The Balaban J connectivity index is 1.61. The highest BCUT2D eigenvalue weighted by molar-refractivity contribution is 5.92. The minimum atomic E-state index is -1.12. The van der Waals surface area contributed by atoms with Crippen LogP contribution in [0.3, 0.4) is 0 Å². The molecule has 0 aromatic carbocycles. The minimum Gasteiger partial charge on any atom is -0.480 e. The summed E-state index contributed by atoms with van der Waals surface area (Å²) in [5.41, 5.74) is -1.12. The first-order chi connectivity index (χ1) is 10.5. The van der Waals surface area contributed by atoms with E-state index in [-0.39, 0.29) is 18.2 Å². The maximum absolute atomic E-state index is 12.5. The van der Waals surface area contributed by atoms with E-state index in [1.165, 1.54) is 12.8 Å². The first-order valence-electron chi connectivity index (χ1n) is 8.33. The van der Waals surface area contributed by atoms with E-state index in [1.54, 1.807) is 4.90 Å². The zero-order chi connectivity index (χ0) is 15.7. The van der Waals surface area contributed by atoms with Gasteiger partial charge in [0.2, 0.25) is 11.8 Å². The van der Waals surface area contributed by atoms with E-state index >= 15 is 0 Å². The van der Waals surface area contributed by atoms with Crippen molar-refractivity contribution in [3.63, 3.8) is 0 Å². The van der Waals surface area contributed by atoms with Crippen molar-refractivity contribution in [3.8, 4) is 0 Å². The number of rotatable bonds is 5. The molecule has 0 bridgehead atoms. The number of nitrogens with zero attached hydrogens (tertiary/aromatic N) is 1. The average Bonchev–Trinajstić information content (AvgIpc) is 3.23. The van der Waals surface area contributed by atoms with Crippen LogP contribution in [0, 0.1) is 11.8 Å². The smallest absolute Gasteiger partial charge is 0.329 e. The van der Waals surface area contributed by atoms with Crippen LogP contribution in [0.25, 0.3) is 0 Å². The van der Waals surface area contributed by atoms with Gasteiger partial charge >= 0.3 is 5.97 Å². The fraction of sp³-hybridized carbons (Fsp3) is 0.812. The van der Waals surface area contributed by atoms with Gasteiger partial charge in [0.1, 0.15) is 5.54 Å². The largest absolute Gasteiger partial charge is 0.480 e. The SMILES string of the molecule is O=C(NC1(C(=O)O)CCCCC1)C1CC(=O)N(CC2CC2)C1. The lowest BCUT2D eigenvalue weighted by Gasteiger charge is -2.34. The third-order valence-corrected chi connectivity index (χ3v) is 5.24. The molecule has 6 nitrogen and oxygen atoms in total. The van der Waals surface area contributed by atoms with Crippen molar-refractivity contribution >= 4 is 17.8 Å². The first kappa shape index (κ1) is 15.3. The second-order valence-electron chi connectivity index (χ2n) is 7.08. The Labute approximate surface area is 130 Å². The summed E-state index contributed by atoms with van der Waals surface area (Å²) in [6, 6.07) is 0. The quantitative estimate of drug-likeness (QED) is 0.797. The van der Waals surface area contributed by atoms with Crippen molar-refractivity contribution < 1.29 is 19.5 Å². The monoisotopic (exact) mass is 308 g/mol. The fourth-order valence-electron chi connectivity index (χ4n) is 3.62. The molecule has 6 heteroatoms. The molecule has 0 radical (unpaired) electrons. The number of hydrogen-bond donors (Lipinski definition) is 2. The van der Waals surface area contributed by atoms with Gasteiger partial charge in [-0.1, -0.05) is 19.3 Å². The molecule has 0 aromatic rings. The number of amides is 2. The van der Waals surface area contributed by atoms with Gasteiger partial charge in [0.05, 0.1) is 5.92 Å². The molecule has 3 rings (SSSR count). The Morgan fingerprint density at radius 2 is 1.91 bits per heavy atom. The zero-order valence-electron chi connectivity index (χ0n) is 12.8. The van der Waals surface area contributed by atoms with Crippen molar-refractivity contribution in [2.75, 3.05) is 13.1 Å². The van der Waals surface area contributed by atoms with Gasteiger partial charge in [-0.15, -0.1) is 0 Å². The second kappa shape index (κ2) is 5.89. The fourth-order valence-corrected chi connectivity index (χ4v) is 3.62. The number of aliphatic carboxylic acids is 1. The number of carboxylic acid groups (broad SMARTS) is 1. The maximum atomic E-state index is 12.5. The highest BCUT2D eigenvalue weighted by atomic mass is 16.4. The highest BCUT2D eigenvalue weighted by Crippen LogP contribution is 2.33. The number of carboxylic acids is 1. The van der Waals surface area contributed by atoms with E-state index < -0.39 is 17.4 Å². The third-order valence-electron chi connectivity index (χ3n) is 5.24. The summed E-state index contributed by atoms with van der Waals surface area (Å²) in [6.07, 6.45) is 6.19. The summed E-state index contributed by atoms with van der Waals surface area (Å²) in [6.45, 7) is 1.20. The molecule has 2 amide bonds. The van der Waals surface area contributed by atoms with E-state index in [4.69, 9.17) is 0 Å². The van der Waals surface area contributed by atoms with Gasteiger partial charge < -0.3 is 15.3 Å². The van der Waals surface area contributed by atoms with Crippen molar-refractivity contribution in [1.82, 2.24) is 10.2 Å². The van der Waals surface area contributed by atoms with E-state index in [0.717, 1.165) is 25.8 Å². The van der Waals surface area contributed by atoms with Gasteiger partial charge in [-0.25, -0.2) is 4.79 Å². The Hall–Kier alpha value is -1.59. The topological polar surface area (TPSA) is 86.7 Å². The summed E-state index contributed by atoms with van der Waals surface area (Å²) in [4.78, 5) is 37.8. The van der Waals surface area contributed by atoms with Crippen molar-refractivity contribution in [2.24, 2.45) is 11.8 Å². The van der Waals surface area contributed by atoms with Gasteiger partial charge in [0.15, 0.2) is 0 Å². The van der Waals surface area contributed by atoms with E-state index in [1.807, 2.05) is 0 Å². The van der Waals surface area contributed by atoms with Crippen molar-refractivity contribution in [3.05, 3.63) is 0 Å². The van der Waals surface area contributed by atoms with Crippen molar-refractivity contribution in [1.29, 1.82) is 0 Å². The van der Waals surface area contributed by atoms with Crippen LogP contribution in [-0.2, 0) is 14.4 Å². The van der Waals surface area contributed by atoms with E-state index in [0.29, 0.717) is 25.3 Å². The van der Waals surface area contributed by atoms with Crippen LogP contribution in [0.2, 0.25) is 0 Å². The summed E-state index contributed by atoms with van der Waals surface area (Å²) >= 11 is 0. The molecule has 3 fully saturated rings. The number of hydrogen-bond acceptors (Lipinski definition) is 3. The van der Waals surface area contributed by atoms with Crippen LogP contribution in [0.5, 0.6) is 0 Å². The van der Waals surface area contributed by atoms with Gasteiger partial charge in [0.25, 0.3) is 0 Å².